The Balaban J connectivity index is 1.86. The fourth-order valence-corrected chi connectivity index (χ4v) is 2.59. The molecule has 1 aliphatic heterocycles. The molecule has 1 N–H and O–H groups in total. The fourth-order valence-electron chi connectivity index (χ4n) is 2.59. The van der Waals surface area contributed by atoms with Crippen LogP contribution in [0.25, 0.3) is 0 Å². The Kier molecular flexibility index (Phi) is 4.35. The van der Waals surface area contributed by atoms with Crippen molar-refractivity contribution in [3.05, 3.63) is 11.8 Å². The molecule has 5 heteroatoms. The summed E-state index contributed by atoms with van der Waals surface area (Å²) >= 11 is 0. The summed E-state index contributed by atoms with van der Waals surface area (Å²) in [4.78, 5) is 0. The minimum atomic E-state index is 0.0562. The Hall–Kier alpha value is -0.940. The highest BCUT2D eigenvalue weighted by Gasteiger charge is 2.34. The Morgan fingerprint density at radius 3 is 2.72 bits per heavy atom. The SMILES string of the molecule is CCC1(CC)CC(NCc2nnc(C)o2)CCO1. The van der Waals surface area contributed by atoms with E-state index < -0.39 is 0 Å². The normalized spacial score (nSPS) is 23.2. The lowest BCUT2D eigenvalue weighted by atomic mass is 9.86. The molecule has 1 aliphatic rings. The van der Waals surface area contributed by atoms with E-state index in [1.165, 1.54) is 0 Å². The van der Waals surface area contributed by atoms with Crippen molar-refractivity contribution in [1.29, 1.82) is 0 Å². The minimum absolute atomic E-state index is 0.0562. The number of nitrogens with one attached hydrogen (secondary N) is 1. The average Bonchev–Trinajstić information content (AvgIpc) is 2.82. The van der Waals surface area contributed by atoms with E-state index in [1.54, 1.807) is 0 Å². The van der Waals surface area contributed by atoms with Gasteiger partial charge in [-0.2, -0.15) is 0 Å². The zero-order chi connectivity index (χ0) is 13.0. The highest BCUT2D eigenvalue weighted by atomic mass is 16.5. The van der Waals surface area contributed by atoms with Crippen LogP contribution >= 0.6 is 0 Å². The summed E-state index contributed by atoms with van der Waals surface area (Å²) in [5, 5.41) is 11.3. The van der Waals surface area contributed by atoms with Crippen molar-refractivity contribution in [2.75, 3.05) is 6.61 Å². The number of hydrogen-bond donors (Lipinski definition) is 1. The van der Waals surface area contributed by atoms with Gasteiger partial charge in [-0.05, 0) is 25.7 Å². The van der Waals surface area contributed by atoms with E-state index >= 15 is 0 Å². The van der Waals surface area contributed by atoms with Crippen LogP contribution in [0.3, 0.4) is 0 Å². The van der Waals surface area contributed by atoms with Gasteiger partial charge in [0.05, 0.1) is 12.1 Å². The van der Waals surface area contributed by atoms with Crippen LogP contribution in [0.1, 0.15) is 51.3 Å². The van der Waals surface area contributed by atoms with E-state index in [1.807, 2.05) is 6.92 Å². The minimum Gasteiger partial charge on any atom is -0.424 e. The van der Waals surface area contributed by atoms with Crippen LogP contribution < -0.4 is 5.32 Å². The molecule has 0 aromatic carbocycles. The quantitative estimate of drug-likeness (QED) is 0.871. The molecule has 1 saturated heterocycles. The summed E-state index contributed by atoms with van der Waals surface area (Å²) in [5.41, 5.74) is 0.0562. The first-order chi connectivity index (χ1) is 8.67. The molecule has 0 radical (unpaired) electrons. The Morgan fingerprint density at radius 1 is 1.33 bits per heavy atom. The van der Waals surface area contributed by atoms with Crippen LogP contribution in [0.5, 0.6) is 0 Å². The van der Waals surface area contributed by atoms with Gasteiger partial charge in [0.1, 0.15) is 0 Å². The van der Waals surface area contributed by atoms with E-state index in [4.69, 9.17) is 9.15 Å². The first kappa shape index (κ1) is 13.5. The monoisotopic (exact) mass is 253 g/mol. The van der Waals surface area contributed by atoms with Crippen molar-refractivity contribution >= 4 is 0 Å². The molecule has 5 nitrogen and oxygen atoms in total. The Morgan fingerprint density at radius 2 is 2.11 bits per heavy atom. The largest absolute Gasteiger partial charge is 0.424 e. The predicted octanol–water partition coefficient (Wildman–Crippen LogP) is 2.21. The van der Waals surface area contributed by atoms with E-state index in [-0.39, 0.29) is 5.60 Å². The molecule has 2 heterocycles. The van der Waals surface area contributed by atoms with Gasteiger partial charge < -0.3 is 14.5 Å². The van der Waals surface area contributed by atoms with Crippen LogP contribution in [0, 0.1) is 6.92 Å². The maximum atomic E-state index is 5.96. The topological polar surface area (TPSA) is 60.2 Å². The highest BCUT2D eigenvalue weighted by Crippen LogP contribution is 2.31. The van der Waals surface area contributed by atoms with Gasteiger partial charge in [-0.1, -0.05) is 13.8 Å². The molecular formula is C13H23N3O2. The summed E-state index contributed by atoms with van der Waals surface area (Å²) in [6.07, 6.45) is 4.25. The molecule has 0 spiro atoms. The van der Waals surface area contributed by atoms with Gasteiger partial charge in [0.2, 0.25) is 11.8 Å². The van der Waals surface area contributed by atoms with Crippen LogP contribution in [0.15, 0.2) is 4.42 Å². The summed E-state index contributed by atoms with van der Waals surface area (Å²) in [7, 11) is 0. The molecule has 102 valence electrons. The third kappa shape index (κ3) is 3.09. The van der Waals surface area contributed by atoms with Gasteiger partial charge in [0, 0.05) is 19.6 Å². The Labute approximate surface area is 108 Å². The number of ether oxygens (including phenoxy) is 1. The summed E-state index contributed by atoms with van der Waals surface area (Å²) in [5.74, 6) is 1.29. The van der Waals surface area contributed by atoms with Crippen LogP contribution in [-0.2, 0) is 11.3 Å². The average molecular weight is 253 g/mol. The lowest BCUT2D eigenvalue weighted by molar-refractivity contribution is -0.0933. The fraction of sp³-hybridized carbons (Fsp3) is 0.846. The van der Waals surface area contributed by atoms with E-state index in [0.29, 0.717) is 24.4 Å². The van der Waals surface area contributed by atoms with Crippen molar-refractivity contribution in [2.24, 2.45) is 0 Å². The number of hydrogen-bond acceptors (Lipinski definition) is 5. The van der Waals surface area contributed by atoms with Crippen molar-refractivity contribution in [3.8, 4) is 0 Å². The second-order valence-corrected chi connectivity index (χ2v) is 5.02. The number of aromatic nitrogens is 2. The summed E-state index contributed by atoms with van der Waals surface area (Å²) in [6.45, 7) is 7.70. The Bertz CT molecular complexity index is 374. The molecule has 1 atom stereocenters. The molecule has 18 heavy (non-hydrogen) atoms. The van der Waals surface area contributed by atoms with Gasteiger partial charge in [-0.15, -0.1) is 10.2 Å². The molecule has 0 amide bonds. The van der Waals surface area contributed by atoms with Gasteiger partial charge in [0.25, 0.3) is 0 Å². The summed E-state index contributed by atoms with van der Waals surface area (Å²) in [6, 6.07) is 0.478. The molecule has 0 aliphatic carbocycles. The molecule has 1 aromatic rings. The molecule has 0 saturated carbocycles. The molecule has 0 bridgehead atoms. The third-order valence-electron chi connectivity index (χ3n) is 3.89. The van der Waals surface area contributed by atoms with Crippen molar-refractivity contribution in [2.45, 2.75) is 64.6 Å². The maximum Gasteiger partial charge on any atom is 0.230 e. The standard InChI is InChI=1S/C13H23N3O2/c1-4-13(5-2)8-11(6-7-17-13)14-9-12-16-15-10(3)18-12/h11,14H,4-9H2,1-3H3. The van der Waals surface area contributed by atoms with Gasteiger partial charge in [0.15, 0.2) is 0 Å². The second-order valence-electron chi connectivity index (χ2n) is 5.02. The second kappa shape index (κ2) is 5.80. The first-order valence-corrected chi connectivity index (χ1v) is 6.84. The van der Waals surface area contributed by atoms with Crippen molar-refractivity contribution in [3.63, 3.8) is 0 Å². The van der Waals surface area contributed by atoms with Gasteiger partial charge >= 0.3 is 0 Å². The third-order valence-corrected chi connectivity index (χ3v) is 3.89. The zero-order valence-corrected chi connectivity index (χ0v) is 11.5. The number of nitrogens with zero attached hydrogens (tertiary/aromatic N) is 2. The molecule has 2 rings (SSSR count). The molecule has 1 aromatic heterocycles. The van der Waals surface area contributed by atoms with E-state index in [2.05, 4.69) is 29.4 Å². The van der Waals surface area contributed by atoms with Crippen LogP contribution in [0.4, 0.5) is 0 Å². The van der Waals surface area contributed by atoms with Crippen molar-refractivity contribution in [1.82, 2.24) is 15.5 Å². The summed E-state index contributed by atoms with van der Waals surface area (Å²) < 4.78 is 11.3. The molecule has 1 unspecified atom stereocenters. The first-order valence-electron chi connectivity index (χ1n) is 6.84. The number of rotatable bonds is 5. The van der Waals surface area contributed by atoms with E-state index in [0.717, 1.165) is 32.3 Å². The van der Waals surface area contributed by atoms with Gasteiger partial charge in [-0.25, -0.2) is 0 Å². The maximum absolute atomic E-state index is 5.96. The van der Waals surface area contributed by atoms with E-state index in [9.17, 15) is 0 Å². The zero-order valence-electron chi connectivity index (χ0n) is 11.5. The molecule has 1 fully saturated rings. The van der Waals surface area contributed by atoms with Crippen LogP contribution in [0.2, 0.25) is 0 Å². The lowest BCUT2D eigenvalue weighted by Gasteiger charge is -2.40. The smallest absolute Gasteiger partial charge is 0.230 e. The number of aryl methyl sites for hydroxylation is 1. The highest BCUT2D eigenvalue weighted by molar-refractivity contribution is 4.89. The predicted molar refractivity (Wildman–Crippen MR) is 68.2 cm³/mol. The van der Waals surface area contributed by atoms with Gasteiger partial charge in [-0.3, -0.25) is 0 Å². The lowest BCUT2D eigenvalue weighted by Crippen LogP contribution is -2.46. The van der Waals surface area contributed by atoms with Crippen molar-refractivity contribution < 1.29 is 9.15 Å². The van der Waals surface area contributed by atoms with Crippen LogP contribution in [-0.4, -0.2) is 28.4 Å². The molecular weight excluding hydrogens is 230 g/mol.